The fourth-order valence-corrected chi connectivity index (χ4v) is 2.84. The third-order valence-electron chi connectivity index (χ3n) is 3.73. The van der Waals surface area contributed by atoms with E-state index in [2.05, 4.69) is 9.97 Å². The summed E-state index contributed by atoms with van der Waals surface area (Å²) < 4.78 is 3.29. The number of halogens is 1. The number of aryl methyl sites for hydroxylation is 1. The largest absolute Gasteiger partial charge is 0.316 e. The van der Waals surface area contributed by atoms with Gasteiger partial charge in [-0.3, -0.25) is 9.36 Å². The number of hydrogen-bond donors (Lipinski definition) is 0. The highest BCUT2D eigenvalue weighted by molar-refractivity contribution is 6.29. The molecule has 0 radical (unpaired) electrons. The predicted molar refractivity (Wildman–Crippen MR) is 81.7 cm³/mol. The van der Waals surface area contributed by atoms with E-state index < -0.39 is 5.43 Å². The van der Waals surface area contributed by atoms with Gasteiger partial charge in [0.2, 0.25) is 16.6 Å². The lowest BCUT2D eigenvalue weighted by Crippen LogP contribution is -2.20. The van der Waals surface area contributed by atoms with E-state index >= 15 is 0 Å². The third kappa shape index (κ3) is 1.51. The van der Waals surface area contributed by atoms with Crippen molar-refractivity contribution >= 4 is 39.4 Å². The van der Waals surface area contributed by atoms with Crippen molar-refractivity contribution in [2.45, 2.75) is 0 Å². The molecule has 0 atom stereocenters. The van der Waals surface area contributed by atoms with Crippen molar-refractivity contribution in [2.24, 2.45) is 7.05 Å². The highest BCUT2D eigenvalue weighted by atomic mass is 35.5. The molecule has 0 spiro atoms. The summed E-state index contributed by atoms with van der Waals surface area (Å²) in [5.74, 6) is 0. The first-order valence-electron chi connectivity index (χ1n) is 6.53. The van der Waals surface area contributed by atoms with Gasteiger partial charge >= 0.3 is 5.65 Å². The molecule has 3 heterocycles. The summed E-state index contributed by atoms with van der Waals surface area (Å²) in [5, 5.41) is 9.79. The number of hydrogen-bond acceptors (Lipinski definition) is 3. The van der Waals surface area contributed by atoms with Gasteiger partial charge in [-0.2, -0.15) is 9.66 Å². The van der Waals surface area contributed by atoms with Gasteiger partial charge in [0.15, 0.2) is 16.2 Å². The molecule has 0 unspecified atom stereocenters. The Morgan fingerprint density at radius 1 is 1.36 bits per heavy atom. The van der Waals surface area contributed by atoms with E-state index in [1.165, 1.54) is 0 Å². The minimum absolute atomic E-state index is 0.0260. The fraction of sp³-hybridized carbons (Fsp3) is 0.0667. The summed E-state index contributed by atoms with van der Waals surface area (Å²) in [4.78, 5) is 20.2. The molecule has 22 heavy (non-hydrogen) atoms. The molecule has 106 valence electrons. The Kier molecular flexibility index (Phi) is 2.50. The van der Waals surface area contributed by atoms with Crippen LogP contribution in [0.5, 0.6) is 0 Å². The van der Waals surface area contributed by atoms with Crippen LogP contribution in [-0.2, 0) is 7.05 Å². The topological polar surface area (TPSA) is 77.2 Å². The maximum atomic E-state index is 12.6. The Labute approximate surface area is 128 Å². The number of fused-ring (bicyclic) bond motifs is 4. The summed E-state index contributed by atoms with van der Waals surface area (Å²) in [6.07, 6.45) is 1.66. The molecule has 0 bridgehead atoms. The molecule has 0 aliphatic rings. The number of nitrogens with one attached hydrogen (secondary N) is 1. The van der Waals surface area contributed by atoms with Gasteiger partial charge in [-0.05, 0) is 12.1 Å². The van der Waals surface area contributed by atoms with Crippen LogP contribution in [0.1, 0.15) is 5.56 Å². The summed E-state index contributed by atoms with van der Waals surface area (Å²) in [6, 6.07) is 9.38. The zero-order valence-electron chi connectivity index (χ0n) is 11.5. The van der Waals surface area contributed by atoms with Gasteiger partial charge in [0.1, 0.15) is 17.8 Å². The van der Waals surface area contributed by atoms with Crippen LogP contribution in [0.25, 0.3) is 27.8 Å². The van der Waals surface area contributed by atoms with Crippen LogP contribution in [-0.4, -0.2) is 14.0 Å². The van der Waals surface area contributed by atoms with Crippen LogP contribution < -0.4 is 10.4 Å². The zero-order valence-corrected chi connectivity index (χ0v) is 12.2. The van der Waals surface area contributed by atoms with Crippen molar-refractivity contribution in [1.29, 1.82) is 5.26 Å². The highest BCUT2D eigenvalue weighted by Gasteiger charge is 2.24. The normalized spacial score (nSPS) is 11.3. The van der Waals surface area contributed by atoms with Gasteiger partial charge < -0.3 is 0 Å². The number of benzene rings is 1. The Morgan fingerprint density at radius 3 is 2.91 bits per heavy atom. The second-order valence-electron chi connectivity index (χ2n) is 4.97. The molecule has 0 saturated heterocycles. The number of rotatable bonds is 0. The maximum absolute atomic E-state index is 12.6. The Balaban J connectivity index is 2.39. The van der Waals surface area contributed by atoms with Crippen LogP contribution >= 0.6 is 11.6 Å². The number of aromatic nitrogens is 4. The lowest BCUT2D eigenvalue weighted by molar-refractivity contribution is -0.314. The minimum atomic E-state index is -0.405. The second kappa shape index (κ2) is 4.29. The Bertz CT molecular complexity index is 1180. The van der Waals surface area contributed by atoms with Gasteiger partial charge in [0.05, 0.1) is 0 Å². The molecule has 0 aliphatic heterocycles. The summed E-state index contributed by atoms with van der Waals surface area (Å²) in [6.45, 7) is 0. The number of pyridine rings is 1. The van der Waals surface area contributed by atoms with E-state index in [0.717, 1.165) is 5.52 Å². The van der Waals surface area contributed by atoms with E-state index in [1.807, 2.05) is 30.3 Å². The number of H-pyrrole nitrogens is 1. The summed E-state index contributed by atoms with van der Waals surface area (Å²) in [7, 11) is 1.71. The zero-order chi connectivity index (χ0) is 15.4. The summed E-state index contributed by atoms with van der Waals surface area (Å²) in [5.41, 5.74) is 2.26. The standard InChI is InChI=1S/C15H8ClN5O/c1-20-11(16)7-21-14-12(13(22)8(6-17)15(20)21)18-9-4-2-3-5-10(9)19-14/h2-5,7H,1H3/p+1. The number of nitriles is 1. The molecular formula is C15H9ClN5O+. The van der Waals surface area contributed by atoms with Gasteiger partial charge in [0.25, 0.3) is 0 Å². The fourth-order valence-electron chi connectivity index (χ4n) is 2.67. The van der Waals surface area contributed by atoms with Gasteiger partial charge in [0, 0.05) is 7.05 Å². The lowest BCUT2D eigenvalue weighted by Gasteiger charge is -2.00. The lowest BCUT2D eigenvalue weighted by atomic mass is 10.2. The van der Waals surface area contributed by atoms with Gasteiger partial charge in [-0.1, -0.05) is 23.7 Å². The number of aromatic amines is 1. The van der Waals surface area contributed by atoms with Crippen LogP contribution in [0.3, 0.4) is 0 Å². The molecule has 1 N–H and O–H groups in total. The van der Waals surface area contributed by atoms with Crippen molar-refractivity contribution in [3.05, 3.63) is 51.4 Å². The molecule has 1 aromatic carbocycles. The Hall–Kier alpha value is -2.91. The van der Waals surface area contributed by atoms with E-state index in [-0.39, 0.29) is 11.1 Å². The molecule has 4 rings (SSSR count). The van der Waals surface area contributed by atoms with Crippen LogP contribution in [0, 0.1) is 11.3 Å². The van der Waals surface area contributed by atoms with Crippen molar-refractivity contribution in [3.8, 4) is 6.07 Å². The number of imidazole rings is 1. The first kappa shape index (κ1) is 12.8. The van der Waals surface area contributed by atoms with Crippen LogP contribution in [0.2, 0.25) is 5.15 Å². The van der Waals surface area contributed by atoms with Crippen molar-refractivity contribution < 1.29 is 4.98 Å². The number of para-hydroxylation sites is 2. The van der Waals surface area contributed by atoms with E-state index in [9.17, 15) is 10.1 Å². The van der Waals surface area contributed by atoms with Crippen LogP contribution in [0.15, 0.2) is 35.3 Å². The van der Waals surface area contributed by atoms with Gasteiger partial charge in [-0.15, -0.1) is 0 Å². The molecule has 0 amide bonds. The monoisotopic (exact) mass is 310 g/mol. The van der Waals surface area contributed by atoms with E-state index in [0.29, 0.717) is 22.0 Å². The molecule has 0 aliphatic carbocycles. The highest BCUT2D eigenvalue weighted by Crippen LogP contribution is 2.20. The average Bonchev–Trinajstić information content (AvgIpc) is 2.83. The maximum Gasteiger partial charge on any atom is 0.316 e. The third-order valence-corrected chi connectivity index (χ3v) is 4.09. The molecular weight excluding hydrogens is 302 g/mol. The quantitative estimate of drug-likeness (QED) is 0.464. The smallest absolute Gasteiger partial charge is 0.298 e. The predicted octanol–water partition coefficient (Wildman–Crippen LogP) is 1.68. The molecule has 0 saturated carbocycles. The Morgan fingerprint density at radius 2 is 2.14 bits per heavy atom. The molecule has 0 fully saturated rings. The van der Waals surface area contributed by atoms with Gasteiger partial charge in [-0.25, -0.2) is 9.97 Å². The molecule has 3 aromatic heterocycles. The number of nitrogens with zero attached hydrogens (tertiary/aromatic N) is 4. The average molecular weight is 311 g/mol. The first-order chi connectivity index (χ1) is 10.6. The van der Waals surface area contributed by atoms with Crippen molar-refractivity contribution in [3.63, 3.8) is 0 Å². The summed E-state index contributed by atoms with van der Waals surface area (Å²) >= 11 is 6.15. The molecule has 7 heteroatoms. The first-order valence-corrected chi connectivity index (χ1v) is 6.91. The second-order valence-corrected chi connectivity index (χ2v) is 5.36. The SMILES string of the molecule is Cn1c(Cl)cn2c3[nH+]c4ccccc4nc3c(=O)c(C#N)c12. The van der Waals surface area contributed by atoms with Crippen molar-refractivity contribution in [2.75, 3.05) is 0 Å². The minimum Gasteiger partial charge on any atom is -0.298 e. The molecule has 6 nitrogen and oxygen atoms in total. The van der Waals surface area contributed by atoms with E-state index in [4.69, 9.17) is 11.6 Å². The van der Waals surface area contributed by atoms with E-state index in [1.54, 1.807) is 22.2 Å². The van der Waals surface area contributed by atoms with Crippen molar-refractivity contribution in [1.82, 2.24) is 14.0 Å². The molecule has 4 aromatic rings. The van der Waals surface area contributed by atoms with Crippen LogP contribution in [0.4, 0.5) is 0 Å².